The molecule has 1 fully saturated rings. The molecule has 1 aliphatic rings. The van der Waals surface area contributed by atoms with Gasteiger partial charge in [-0.1, -0.05) is 6.92 Å². The molecular formula is C16H24N2O2. The van der Waals surface area contributed by atoms with E-state index in [1.54, 1.807) is 12.3 Å². The Hall–Kier alpha value is -1.58. The van der Waals surface area contributed by atoms with Gasteiger partial charge < -0.3 is 9.88 Å². The molecule has 4 heteroatoms. The minimum atomic E-state index is -0.123. The molecule has 1 aromatic rings. The van der Waals surface area contributed by atoms with Crippen molar-refractivity contribution in [1.82, 2.24) is 9.88 Å². The molecule has 0 bridgehead atoms. The highest BCUT2D eigenvalue weighted by atomic mass is 16.2. The lowest BCUT2D eigenvalue weighted by Gasteiger charge is -2.37. The van der Waals surface area contributed by atoms with Crippen molar-refractivity contribution in [2.45, 2.75) is 58.5 Å². The topological polar surface area (TPSA) is 51.1 Å². The number of amides is 1. The third kappa shape index (κ3) is 3.71. The first-order valence-corrected chi connectivity index (χ1v) is 7.36. The van der Waals surface area contributed by atoms with Crippen molar-refractivity contribution < 1.29 is 4.79 Å². The number of nitrogens with zero attached hydrogens (tertiary/aromatic N) is 1. The largest absolute Gasteiger partial charge is 0.349 e. The van der Waals surface area contributed by atoms with Crippen LogP contribution < -0.4 is 10.9 Å². The smallest absolute Gasteiger partial charge is 0.251 e. The van der Waals surface area contributed by atoms with E-state index in [1.807, 2.05) is 13.0 Å². The quantitative estimate of drug-likeness (QED) is 0.920. The molecule has 1 heterocycles. The van der Waals surface area contributed by atoms with Crippen LogP contribution in [0.5, 0.6) is 0 Å². The van der Waals surface area contributed by atoms with Crippen molar-refractivity contribution in [3.05, 3.63) is 34.2 Å². The van der Waals surface area contributed by atoms with Gasteiger partial charge in [0.15, 0.2) is 0 Å². The van der Waals surface area contributed by atoms with E-state index in [0.29, 0.717) is 0 Å². The van der Waals surface area contributed by atoms with Crippen LogP contribution in [0, 0.1) is 12.8 Å². The van der Waals surface area contributed by atoms with Crippen molar-refractivity contribution in [3.8, 4) is 0 Å². The number of pyridine rings is 1. The van der Waals surface area contributed by atoms with Crippen LogP contribution in [0.3, 0.4) is 0 Å². The summed E-state index contributed by atoms with van der Waals surface area (Å²) in [5.74, 6) is 0.674. The first-order valence-electron chi connectivity index (χ1n) is 7.36. The van der Waals surface area contributed by atoms with Gasteiger partial charge in [0.05, 0.1) is 0 Å². The van der Waals surface area contributed by atoms with Gasteiger partial charge in [0, 0.05) is 17.8 Å². The maximum absolute atomic E-state index is 12.1. The third-order valence-corrected chi connectivity index (χ3v) is 4.28. The van der Waals surface area contributed by atoms with Gasteiger partial charge in [0.2, 0.25) is 5.91 Å². The number of carbonyl (C=O) groups is 1. The Kier molecular flexibility index (Phi) is 4.31. The Labute approximate surface area is 120 Å². The second kappa shape index (κ2) is 5.81. The van der Waals surface area contributed by atoms with Crippen LogP contribution in [0.4, 0.5) is 0 Å². The van der Waals surface area contributed by atoms with E-state index in [9.17, 15) is 9.59 Å². The first kappa shape index (κ1) is 14.8. The van der Waals surface area contributed by atoms with E-state index in [1.165, 1.54) is 4.57 Å². The van der Waals surface area contributed by atoms with E-state index in [-0.39, 0.29) is 23.6 Å². The third-order valence-electron chi connectivity index (χ3n) is 4.28. The molecule has 4 nitrogen and oxygen atoms in total. The fraction of sp³-hybridized carbons (Fsp3) is 0.625. The van der Waals surface area contributed by atoms with E-state index in [2.05, 4.69) is 19.2 Å². The SMILES string of the molecule is Cc1ccn(CC(=O)NC2(C)CCC(C)CC2)c(=O)c1. The zero-order valence-electron chi connectivity index (χ0n) is 12.6. The van der Waals surface area contributed by atoms with E-state index >= 15 is 0 Å². The standard InChI is InChI=1S/C16H24N2O2/c1-12-4-7-16(3,8-5-12)17-14(19)11-18-9-6-13(2)10-15(18)20/h6,9-10,12H,4-5,7-8,11H2,1-3H3,(H,17,19). The summed E-state index contributed by atoms with van der Waals surface area (Å²) in [4.78, 5) is 23.9. The maximum Gasteiger partial charge on any atom is 0.251 e. The molecule has 0 saturated heterocycles. The predicted molar refractivity (Wildman–Crippen MR) is 79.6 cm³/mol. The molecule has 0 atom stereocenters. The molecule has 2 rings (SSSR count). The summed E-state index contributed by atoms with van der Waals surface area (Å²) >= 11 is 0. The molecule has 110 valence electrons. The second-order valence-corrected chi connectivity index (χ2v) is 6.46. The van der Waals surface area contributed by atoms with Gasteiger partial charge in [-0.15, -0.1) is 0 Å². The van der Waals surface area contributed by atoms with Crippen LogP contribution >= 0.6 is 0 Å². The van der Waals surface area contributed by atoms with Gasteiger partial charge >= 0.3 is 0 Å². The van der Waals surface area contributed by atoms with Crippen molar-refractivity contribution in [1.29, 1.82) is 0 Å². The molecule has 0 aromatic carbocycles. The van der Waals surface area contributed by atoms with Gasteiger partial charge in [-0.25, -0.2) is 0 Å². The summed E-state index contributed by atoms with van der Waals surface area (Å²) in [6, 6.07) is 3.40. The fourth-order valence-electron chi connectivity index (χ4n) is 2.79. The second-order valence-electron chi connectivity index (χ2n) is 6.46. The highest BCUT2D eigenvalue weighted by molar-refractivity contribution is 5.76. The number of nitrogens with one attached hydrogen (secondary N) is 1. The van der Waals surface area contributed by atoms with Gasteiger partial charge in [-0.05, 0) is 57.1 Å². The van der Waals surface area contributed by atoms with Crippen LogP contribution in [-0.2, 0) is 11.3 Å². The normalized spacial score (nSPS) is 26.2. The van der Waals surface area contributed by atoms with Crippen molar-refractivity contribution in [2.75, 3.05) is 0 Å². The Morgan fingerprint density at radius 2 is 2.10 bits per heavy atom. The Morgan fingerprint density at radius 1 is 1.45 bits per heavy atom. The minimum Gasteiger partial charge on any atom is -0.349 e. The average Bonchev–Trinajstić information content (AvgIpc) is 2.37. The van der Waals surface area contributed by atoms with Crippen LogP contribution in [0.1, 0.15) is 45.1 Å². The molecule has 1 amide bonds. The summed E-state index contributed by atoms with van der Waals surface area (Å²) in [6.07, 6.45) is 6.02. The molecule has 1 saturated carbocycles. The summed E-state index contributed by atoms with van der Waals surface area (Å²) in [7, 11) is 0. The number of aryl methyl sites for hydroxylation is 1. The zero-order valence-corrected chi connectivity index (χ0v) is 12.6. The molecule has 1 N–H and O–H groups in total. The van der Waals surface area contributed by atoms with Crippen LogP contribution in [-0.4, -0.2) is 16.0 Å². The predicted octanol–water partition coefficient (Wildman–Crippen LogP) is 2.24. The number of aromatic nitrogens is 1. The molecule has 1 aromatic heterocycles. The summed E-state index contributed by atoms with van der Waals surface area (Å²) in [6.45, 7) is 6.34. The van der Waals surface area contributed by atoms with Gasteiger partial charge in [0.25, 0.3) is 5.56 Å². The summed E-state index contributed by atoms with van der Waals surface area (Å²) in [5.41, 5.74) is 0.681. The number of rotatable bonds is 3. The van der Waals surface area contributed by atoms with Gasteiger partial charge in [0.1, 0.15) is 6.54 Å². The minimum absolute atomic E-state index is 0.0759. The lowest BCUT2D eigenvalue weighted by Crippen LogP contribution is -2.49. The Bertz CT molecular complexity index is 540. The lowest BCUT2D eigenvalue weighted by atomic mass is 9.78. The van der Waals surface area contributed by atoms with E-state index in [4.69, 9.17) is 0 Å². The average molecular weight is 276 g/mol. The monoisotopic (exact) mass is 276 g/mol. The fourth-order valence-corrected chi connectivity index (χ4v) is 2.79. The van der Waals surface area contributed by atoms with Crippen LogP contribution in [0.15, 0.2) is 23.1 Å². The van der Waals surface area contributed by atoms with Gasteiger partial charge in [-0.3, -0.25) is 9.59 Å². The molecule has 0 radical (unpaired) electrons. The molecule has 0 aliphatic heterocycles. The Morgan fingerprint density at radius 3 is 2.70 bits per heavy atom. The van der Waals surface area contributed by atoms with E-state index in [0.717, 1.165) is 37.2 Å². The van der Waals surface area contributed by atoms with Crippen LogP contribution in [0.2, 0.25) is 0 Å². The van der Waals surface area contributed by atoms with Crippen molar-refractivity contribution in [3.63, 3.8) is 0 Å². The van der Waals surface area contributed by atoms with Crippen molar-refractivity contribution in [2.24, 2.45) is 5.92 Å². The molecule has 20 heavy (non-hydrogen) atoms. The molecule has 1 aliphatic carbocycles. The summed E-state index contributed by atoms with van der Waals surface area (Å²) in [5, 5.41) is 3.11. The molecule has 0 unspecified atom stereocenters. The highest BCUT2D eigenvalue weighted by Crippen LogP contribution is 2.31. The summed E-state index contributed by atoms with van der Waals surface area (Å²) < 4.78 is 1.46. The zero-order chi connectivity index (χ0) is 14.8. The number of hydrogen-bond acceptors (Lipinski definition) is 2. The highest BCUT2D eigenvalue weighted by Gasteiger charge is 2.30. The first-order chi connectivity index (χ1) is 9.38. The Balaban J connectivity index is 1.97. The maximum atomic E-state index is 12.1. The number of hydrogen-bond donors (Lipinski definition) is 1. The number of carbonyl (C=O) groups excluding carboxylic acids is 1. The van der Waals surface area contributed by atoms with Gasteiger partial charge in [-0.2, -0.15) is 0 Å². The van der Waals surface area contributed by atoms with Crippen molar-refractivity contribution >= 4 is 5.91 Å². The van der Waals surface area contributed by atoms with E-state index < -0.39 is 0 Å². The molecule has 0 spiro atoms. The molecular weight excluding hydrogens is 252 g/mol. The lowest BCUT2D eigenvalue weighted by molar-refractivity contribution is -0.124. The van der Waals surface area contributed by atoms with Crippen LogP contribution in [0.25, 0.3) is 0 Å².